The number of ether oxygens (including phenoxy) is 1. The van der Waals surface area contributed by atoms with Crippen LogP contribution in [-0.4, -0.2) is 52.0 Å². The van der Waals surface area contributed by atoms with Crippen LogP contribution in [0, 0.1) is 0 Å². The Labute approximate surface area is 196 Å². The molecule has 2 aromatic carbocycles. The zero-order valence-corrected chi connectivity index (χ0v) is 19.4. The lowest BCUT2D eigenvalue weighted by Gasteiger charge is -2.26. The summed E-state index contributed by atoms with van der Waals surface area (Å²) in [6, 6.07) is 17.9. The van der Waals surface area contributed by atoms with E-state index in [2.05, 4.69) is 27.4 Å². The van der Waals surface area contributed by atoms with Crippen molar-refractivity contribution in [3.8, 4) is 11.4 Å². The van der Waals surface area contributed by atoms with Gasteiger partial charge in [0.25, 0.3) is 0 Å². The van der Waals surface area contributed by atoms with Crippen LogP contribution >= 0.6 is 0 Å². The van der Waals surface area contributed by atoms with Gasteiger partial charge in [-0.25, -0.2) is 14.0 Å². The Bertz CT molecular complexity index is 1010. The van der Waals surface area contributed by atoms with Gasteiger partial charge in [0.15, 0.2) is 0 Å². The fraction of sp³-hybridized carbons (Fsp3) is 0.462. The van der Waals surface area contributed by atoms with E-state index in [1.54, 1.807) is 10.9 Å². The monoisotopic (exact) mass is 449 g/mol. The molecule has 7 heteroatoms. The van der Waals surface area contributed by atoms with Crippen molar-refractivity contribution in [2.24, 2.45) is 0 Å². The first-order chi connectivity index (χ1) is 16.3. The van der Waals surface area contributed by atoms with E-state index in [4.69, 9.17) is 4.74 Å². The maximum atomic E-state index is 12.7. The van der Waals surface area contributed by atoms with Crippen molar-refractivity contribution >= 4 is 0 Å². The molecule has 1 aliphatic rings. The molecule has 0 bridgehead atoms. The van der Waals surface area contributed by atoms with Gasteiger partial charge in [0.05, 0.1) is 12.3 Å². The molecule has 0 spiro atoms. The number of unbranched alkanes of at least 4 members (excludes halogenated alkanes) is 1. The molecule has 1 aromatic heterocycles. The van der Waals surface area contributed by atoms with Gasteiger partial charge in [-0.3, -0.25) is 0 Å². The summed E-state index contributed by atoms with van der Waals surface area (Å²) < 4.78 is 8.84. The summed E-state index contributed by atoms with van der Waals surface area (Å²) in [7, 11) is 0. The highest BCUT2D eigenvalue weighted by atomic mass is 16.5. The second kappa shape index (κ2) is 12.4. The quantitative estimate of drug-likeness (QED) is 0.429. The molecule has 1 saturated heterocycles. The van der Waals surface area contributed by atoms with Crippen LogP contribution in [0.25, 0.3) is 5.69 Å². The fourth-order valence-electron chi connectivity index (χ4n) is 4.17. The van der Waals surface area contributed by atoms with Gasteiger partial charge in [0.1, 0.15) is 12.1 Å². The summed E-state index contributed by atoms with van der Waals surface area (Å²) >= 11 is 0. The number of nitrogens with one attached hydrogen (secondary N) is 1. The number of hydrogen-bond donors (Lipinski definition) is 1. The lowest BCUT2D eigenvalue weighted by atomic mass is 10.1. The molecule has 33 heavy (non-hydrogen) atoms. The van der Waals surface area contributed by atoms with Gasteiger partial charge in [-0.1, -0.05) is 36.8 Å². The third-order valence-electron chi connectivity index (χ3n) is 6.11. The van der Waals surface area contributed by atoms with Gasteiger partial charge in [-0.05, 0) is 68.6 Å². The van der Waals surface area contributed by atoms with E-state index < -0.39 is 0 Å². The fourth-order valence-corrected chi connectivity index (χ4v) is 4.17. The van der Waals surface area contributed by atoms with Crippen LogP contribution in [0.4, 0.5) is 0 Å². The van der Waals surface area contributed by atoms with E-state index in [1.807, 2.05) is 42.5 Å². The second-order valence-electron chi connectivity index (χ2n) is 8.62. The van der Waals surface area contributed by atoms with E-state index in [0.717, 1.165) is 43.9 Å². The second-order valence-corrected chi connectivity index (χ2v) is 8.62. The number of aryl methyl sites for hydroxylation is 1. The minimum absolute atomic E-state index is 0.105. The van der Waals surface area contributed by atoms with E-state index in [-0.39, 0.29) is 5.69 Å². The Hall–Kier alpha value is -2.90. The SMILES string of the molecule is O=c1n(-c2ccc(CNCCN3CCCCC3)cc2)cnn1CCCCOc1ccccc1. The normalized spacial score (nSPS) is 14.4. The van der Waals surface area contributed by atoms with Crippen molar-refractivity contribution in [2.45, 2.75) is 45.2 Å². The first-order valence-corrected chi connectivity index (χ1v) is 12.1. The van der Waals surface area contributed by atoms with E-state index in [9.17, 15) is 4.79 Å². The smallest absolute Gasteiger partial charge is 0.350 e. The molecule has 2 heterocycles. The van der Waals surface area contributed by atoms with Crippen LogP contribution in [0.3, 0.4) is 0 Å². The van der Waals surface area contributed by atoms with Crippen LogP contribution in [0.15, 0.2) is 65.7 Å². The Kier molecular flexibility index (Phi) is 8.72. The minimum Gasteiger partial charge on any atom is -0.494 e. The molecule has 0 atom stereocenters. The average Bonchev–Trinajstić information content (AvgIpc) is 3.23. The predicted molar refractivity (Wildman–Crippen MR) is 131 cm³/mol. The lowest BCUT2D eigenvalue weighted by molar-refractivity contribution is 0.229. The maximum Gasteiger partial charge on any atom is 0.350 e. The molecular weight excluding hydrogens is 414 g/mol. The molecule has 7 nitrogen and oxygen atoms in total. The summed E-state index contributed by atoms with van der Waals surface area (Å²) in [6.07, 6.45) is 7.36. The molecule has 3 aromatic rings. The zero-order valence-electron chi connectivity index (χ0n) is 19.4. The largest absolute Gasteiger partial charge is 0.494 e. The number of benzene rings is 2. The Balaban J connectivity index is 1.19. The number of nitrogens with zero attached hydrogens (tertiary/aromatic N) is 4. The van der Waals surface area contributed by atoms with Crippen LogP contribution in [0.1, 0.15) is 37.7 Å². The highest BCUT2D eigenvalue weighted by Gasteiger charge is 2.09. The van der Waals surface area contributed by atoms with Gasteiger partial charge in [-0.15, -0.1) is 0 Å². The first kappa shape index (κ1) is 23.3. The lowest BCUT2D eigenvalue weighted by Crippen LogP contribution is -2.35. The molecular formula is C26H35N5O2. The van der Waals surface area contributed by atoms with Gasteiger partial charge in [0, 0.05) is 26.2 Å². The molecule has 0 amide bonds. The molecule has 0 unspecified atom stereocenters. The minimum atomic E-state index is -0.105. The summed E-state index contributed by atoms with van der Waals surface area (Å²) in [5, 5.41) is 7.82. The third-order valence-corrected chi connectivity index (χ3v) is 6.11. The Morgan fingerprint density at radius 3 is 2.48 bits per heavy atom. The first-order valence-electron chi connectivity index (χ1n) is 12.1. The van der Waals surface area contributed by atoms with E-state index in [0.29, 0.717) is 13.2 Å². The number of likely N-dealkylation sites (tertiary alicyclic amines) is 1. The molecule has 176 valence electrons. The van der Waals surface area contributed by atoms with Crippen LogP contribution in [-0.2, 0) is 13.1 Å². The van der Waals surface area contributed by atoms with Crippen molar-refractivity contribution < 1.29 is 4.74 Å². The molecule has 1 aliphatic heterocycles. The van der Waals surface area contributed by atoms with E-state index in [1.165, 1.54) is 42.6 Å². The highest BCUT2D eigenvalue weighted by Crippen LogP contribution is 2.10. The number of rotatable bonds is 12. The molecule has 1 N–H and O–H groups in total. The summed E-state index contributed by atoms with van der Waals surface area (Å²) in [5.74, 6) is 0.875. The van der Waals surface area contributed by atoms with Crippen molar-refractivity contribution in [1.82, 2.24) is 24.6 Å². The van der Waals surface area contributed by atoms with Crippen LogP contribution < -0.4 is 15.7 Å². The topological polar surface area (TPSA) is 64.3 Å². The van der Waals surface area contributed by atoms with Crippen LogP contribution in [0.2, 0.25) is 0 Å². The Morgan fingerprint density at radius 2 is 1.70 bits per heavy atom. The van der Waals surface area contributed by atoms with Crippen molar-refractivity contribution in [3.63, 3.8) is 0 Å². The van der Waals surface area contributed by atoms with Crippen molar-refractivity contribution in [1.29, 1.82) is 0 Å². The highest BCUT2D eigenvalue weighted by molar-refractivity contribution is 5.34. The summed E-state index contributed by atoms with van der Waals surface area (Å²) in [4.78, 5) is 15.3. The van der Waals surface area contributed by atoms with Gasteiger partial charge in [-0.2, -0.15) is 5.10 Å². The molecule has 4 rings (SSSR count). The van der Waals surface area contributed by atoms with Crippen LogP contribution in [0.5, 0.6) is 5.75 Å². The van der Waals surface area contributed by atoms with Gasteiger partial charge in [0.2, 0.25) is 0 Å². The summed E-state index contributed by atoms with van der Waals surface area (Å²) in [5.41, 5.74) is 1.96. The number of para-hydroxylation sites is 1. The zero-order chi connectivity index (χ0) is 22.7. The van der Waals surface area contributed by atoms with Gasteiger partial charge >= 0.3 is 5.69 Å². The summed E-state index contributed by atoms with van der Waals surface area (Å²) in [6.45, 7) is 6.65. The predicted octanol–water partition coefficient (Wildman–Crippen LogP) is 3.47. The molecule has 1 fully saturated rings. The van der Waals surface area contributed by atoms with Crippen molar-refractivity contribution in [2.75, 3.05) is 32.8 Å². The molecule has 0 saturated carbocycles. The number of aromatic nitrogens is 3. The Morgan fingerprint density at radius 1 is 0.909 bits per heavy atom. The van der Waals surface area contributed by atoms with E-state index >= 15 is 0 Å². The number of hydrogen-bond acceptors (Lipinski definition) is 5. The molecule has 0 aliphatic carbocycles. The maximum absolute atomic E-state index is 12.7. The third kappa shape index (κ3) is 7.04. The molecule has 0 radical (unpaired) electrons. The standard InChI is InChI=1S/C26H35N5O2/c32-26-30(22-28-31(26)18-7-8-20-33-25-9-3-1-4-10-25)24-13-11-23(12-14-24)21-27-15-19-29-16-5-2-6-17-29/h1,3-4,9-14,22,27H,2,5-8,15-21H2. The van der Waals surface area contributed by atoms with Gasteiger partial charge < -0.3 is 15.0 Å². The average molecular weight is 450 g/mol. The number of piperidine rings is 1. The van der Waals surface area contributed by atoms with Crippen molar-refractivity contribution in [3.05, 3.63) is 77.0 Å².